The van der Waals surface area contributed by atoms with Gasteiger partial charge in [0.1, 0.15) is 6.04 Å². The summed E-state index contributed by atoms with van der Waals surface area (Å²) < 4.78 is 11.4. The van der Waals surface area contributed by atoms with E-state index in [1.807, 2.05) is 81.4 Å². The Labute approximate surface area is 230 Å². The molecule has 6 nitrogen and oxygen atoms in total. The lowest BCUT2D eigenvalue weighted by Crippen LogP contribution is -2.50. The van der Waals surface area contributed by atoms with Gasteiger partial charge in [0.2, 0.25) is 11.8 Å². The molecule has 2 amide bonds. The Morgan fingerprint density at radius 3 is 2.16 bits per heavy atom. The first-order valence-corrected chi connectivity index (χ1v) is 13.6. The average Bonchev–Trinajstić information content (AvgIpc) is 2.92. The third-order valence-corrected chi connectivity index (χ3v) is 6.38. The summed E-state index contributed by atoms with van der Waals surface area (Å²) in [5.74, 6) is 1.09. The van der Waals surface area contributed by atoms with E-state index >= 15 is 0 Å². The number of hydrogen-bond acceptors (Lipinski definition) is 4. The minimum absolute atomic E-state index is 0.0982. The Morgan fingerprint density at radius 2 is 1.50 bits per heavy atom. The number of nitrogens with zero attached hydrogens (tertiary/aromatic N) is 1. The van der Waals surface area contributed by atoms with Gasteiger partial charge < -0.3 is 19.7 Å². The number of carbonyl (C=O) groups is 2. The molecular formula is C31H37ClN2O4. The normalized spacial score (nSPS) is 11.5. The molecule has 0 fully saturated rings. The number of ether oxygens (including phenoxy) is 2. The van der Waals surface area contributed by atoms with Gasteiger partial charge in [0.25, 0.3) is 0 Å². The van der Waals surface area contributed by atoms with Crippen molar-refractivity contribution in [3.63, 3.8) is 0 Å². The van der Waals surface area contributed by atoms with Gasteiger partial charge in [-0.25, -0.2) is 0 Å². The molecule has 0 heterocycles. The second-order valence-corrected chi connectivity index (χ2v) is 9.33. The predicted molar refractivity (Wildman–Crippen MR) is 152 cm³/mol. The van der Waals surface area contributed by atoms with Crippen molar-refractivity contribution in [2.24, 2.45) is 0 Å². The zero-order valence-corrected chi connectivity index (χ0v) is 23.2. The van der Waals surface area contributed by atoms with E-state index < -0.39 is 6.04 Å². The molecule has 7 heteroatoms. The number of carbonyl (C=O) groups excluding carboxylic acids is 2. The van der Waals surface area contributed by atoms with Gasteiger partial charge >= 0.3 is 0 Å². The lowest BCUT2D eigenvalue weighted by molar-refractivity contribution is -0.141. The number of likely N-dealkylation sites (N-methyl/N-ethyl adjacent to an activating group) is 1. The van der Waals surface area contributed by atoms with Gasteiger partial charge in [-0.2, -0.15) is 0 Å². The first-order chi connectivity index (χ1) is 18.4. The van der Waals surface area contributed by atoms with Crippen molar-refractivity contribution in [1.82, 2.24) is 10.2 Å². The Morgan fingerprint density at radius 1 is 0.842 bits per heavy atom. The van der Waals surface area contributed by atoms with E-state index in [0.29, 0.717) is 55.7 Å². The molecule has 3 aromatic carbocycles. The third-order valence-electron chi connectivity index (χ3n) is 6.12. The van der Waals surface area contributed by atoms with Gasteiger partial charge in [0.05, 0.1) is 13.2 Å². The molecule has 0 aromatic heterocycles. The molecule has 0 unspecified atom stereocenters. The predicted octanol–water partition coefficient (Wildman–Crippen LogP) is 5.85. The highest BCUT2D eigenvalue weighted by Gasteiger charge is 2.30. The molecule has 1 N–H and O–H groups in total. The zero-order chi connectivity index (χ0) is 27.3. The summed E-state index contributed by atoms with van der Waals surface area (Å²) in [4.78, 5) is 28.7. The number of nitrogens with one attached hydrogen (secondary N) is 1. The molecule has 0 aliphatic carbocycles. The number of halogens is 1. The molecule has 38 heavy (non-hydrogen) atoms. The van der Waals surface area contributed by atoms with Crippen molar-refractivity contribution in [2.45, 2.75) is 52.6 Å². The highest BCUT2D eigenvalue weighted by Crippen LogP contribution is 2.29. The fourth-order valence-electron chi connectivity index (χ4n) is 4.28. The fraction of sp³-hybridized carbons (Fsp3) is 0.355. The molecule has 0 saturated carbocycles. The highest BCUT2D eigenvalue weighted by atomic mass is 35.5. The lowest BCUT2D eigenvalue weighted by Gasteiger charge is -2.31. The Hall–Kier alpha value is -3.51. The topological polar surface area (TPSA) is 67.9 Å². The first-order valence-electron chi connectivity index (χ1n) is 13.2. The number of benzene rings is 3. The number of amides is 2. The van der Waals surface area contributed by atoms with Crippen LogP contribution in [-0.2, 0) is 29.0 Å². The zero-order valence-electron chi connectivity index (χ0n) is 22.4. The van der Waals surface area contributed by atoms with Crippen LogP contribution in [0, 0.1) is 0 Å². The maximum Gasteiger partial charge on any atom is 0.243 e. The third kappa shape index (κ3) is 8.52. The Balaban J connectivity index is 1.87. The summed E-state index contributed by atoms with van der Waals surface area (Å²) in [5, 5.41) is 3.55. The highest BCUT2D eigenvalue weighted by molar-refractivity contribution is 6.30. The van der Waals surface area contributed by atoms with Crippen LogP contribution >= 0.6 is 11.6 Å². The SMILES string of the molecule is CCNC(=O)[C@@H](Cc1ccccc1)N(Cc1ccc(Cl)cc1)C(=O)CCc1ccc(OCC)c(OCC)c1. The van der Waals surface area contributed by atoms with Crippen LogP contribution in [0.4, 0.5) is 0 Å². The van der Waals surface area contributed by atoms with E-state index in [9.17, 15) is 9.59 Å². The molecule has 202 valence electrons. The second-order valence-electron chi connectivity index (χ2n) is 8.90. The standard InChI is InChI=1S/C31H37ClN2O4/c1-4-33-31(36)27(20-23-10-8-7-9-11-23)34(22-25-12-16-26(32)17-13-25)30(35)19-15-24-14-18-28(37-5-2)29(21-24)38-6-3/h7-14,16-18,21,27H,4-6,15,19-20,22H2,1-3H3,(H,33,36)/t27-/m1/s1. The van der Waals surface area contributed by atoms with E-state index in [-0.39, 0.29) is 18.2 Å². The van der Waals surface area contributed by atoms with E-state index in [1.54, 1.807) is 17.0 Å². The quantitative estimate of drug-likeness (QED) is 0.281. The van der Waals surface area contributed by atoms with Crippen LogP contribution in [0.2, 0.25) is 5.02 Å². The van der Waals surface area contributed by atoms with Crippen LogP contribution in [0.25, 0.3) is 0 Å². The van der Waals surface area contributed by atoms with Crippen LogP contribution < -0.4 is 14.8 Å². The average molecular weight is 537 g/mol. The molecule has 0 aliphatic rings. The number of aryl methyl sites for hydroxylation is 1. The largest absolute Gasteiger partial charge is 0.490 e. The molecule has 0 radical (unpaired) electrons. The molecular weight excluding hydrogens is 500 g/mol. The van der Waals surface area contributed by atoms with Crippen LogP contribution in [0.3, 0.4) is 0 Å². The summed E-state index contributed by atoms with van der Waals surface area (Å²) >= 11 is 6.09. The summed E-state index contributed by atoms with van der Waals surface area (Å²) in [6, 6.07) is 22.3. The molecule has 3 aromatic rings. The van der Waals surface area contributed by atoms with Crippen LogP contribution in [0.15, 0.2) is 72.8 Å². The molecule has 0 saturated heterocycles. The van der Waals surface area contributed by atoms with Gasteiger partial charge in [-0.3, -0.25) is 9.59 Å². The monoisotopic (exact) mass is 536 g/mol. The van der Waals surface area contributed by atoms with Gasteiger partial charge in [-0.05, 0) is 68.1 Å². The van der Waals surface area contributed by atoms with Crippen LogP contribution in [0.5, 0.6) is 11.5 Å². The van der Waals surface area contributed by atoms with E-state index in [4.69, 9.17) is 21.1 Å². The van der Waals surface area contributed by atoms with Gasteiger partial charge in [0, 0.05) is 31.0 Å². The van der Waals surface area contributed by atoms with Crippen LogP contribution in [-0.4, -0.2) is 42.5 Å². The summed E-state index contributed by atoms with van der Waals surface area (Å²) in [6.45, 7) is 7.58. The fourth-order valence-corrected chi connectivity index (χ4v) is 4.40. The maximum atomic E-state index is 13.8. The van der Waals surface area contributed by atoms with Gasteiger partial charge in [-0.15, -0.1) is 0 Å². The molecule has 1 atom stereocenters. The lowest BCUT2D eigenvalue weighted by atomic mass is 10.0. The van der Waals surface area contributed by atoms with Crippen molar-refractivity contribution < 1.29 is 19.1 Å². The van der Waals surface area contributed by atoms with Crippen molar-refractivity contribution in [2.75, 3.05) is 19.8 Å². The first kappa shape index (κ1) is 29.1. The van der Waals surface area contributed by atoms with Crippen LogP contribution in [0.1, 0.15) is 43.9 Å². The number of rotatable bonds is 14. The number of hydrogen-bond donors (Lipinski definition) is 1. The Kier molecular flexibility index (Phi) is 11.5. The molecule has 0 spiro atoms. The second kappa shape index (κ2) is 15.0. The van der Waals surface area contributed by atoms with Crippen molar-refractivity contribution in [1.29, 1.82) is 0 Å². The molecule has 0 aliphatic heterocycles. The van der Waals surface area contributed by atoms with E-state index in [0.717, 1.165) is 16.7 Å². The van der Waals surface area contributed by atoms with Gasteiger partial charge in [-0.1, -0.05) is 60.1 Å². The van der Waals surface area contributed by atoms with Gasteiger partial charge in [0.15, 0.2) is 11.5 Å². The van der Waals surface area contributed by atoms with Crippen molar-refractivity contribution >= 4 is 23.4 Å². The minimum atomic E-state index is -0.653. The van der Waals surface area contributed by atoms with E-state index in [2.05, 4.69) is 5.32 Å². The molecule has 0 bridgehead atoms. The Bertz CT molecular complexity index is 1170. The minimum Gasteiger partial charge on any atom is -0.490 e. The summed E-state index contributed by atoms with van der Waals surface area (Å²) in [5.41, 5.74) is 2.87. The summed E-state index contributed by atoms with van der Waals surface area (Å²) in [7, 11) is 0. The summed E-state index contributed by atoms with van der Waals surface area (Å²) in [6.07, 6.45) is 1.18. The van der Waals surface area contributed by atoms with E-state index in [1.165, 1.54) is 0 Å². The molecule has 3 rings (SSSR count). The smallest absolute Gasteiger partial charge is 0.243 e. The van der Waals surface area contributed by atoms with Crippen molar-refractivity contribution in [3.05, 3.63) is 94.5 Å². The maximum absolute atomic E-state index is 13.8. The van der Waals surface area contributed by atoms with Crippen molar-refractivity contribution in [3.8, 4) is 11.5 Å².